The Bertz CT molecular complexity index is 2130. The van der Waals surface area contributed by atoms with Crippen molar-refractivity contribution in [2.45, 2.75) is 65.4 Å². The smallest absolute Gasteiger partial charge is 0.340 e. The summed E-state index contributed by atoms with van der Waals surface area (Å²) < 4.78 is 84.8. The second kappa shape index (κ2) is 15.2. The predicted molar refractivity (Wildman–Crippen MR) is 177 cm³/mol. The summed E-state index contributed by atoms with van der Waals surface area (Å²) in [4.78, 5) is 68.5. The van der Waals surface area contributed by atoms with Crippen LogP contribution in [0.1, 0.15) is 64.7 Å². The van der Waals surface area contributed by atoms with Gasteiger partial charge in [0, 0.05) is 51.9 Å². The minimum Gasteiger partial charge on any atom is -0.340 e. The summed E-state index contributed by atoms with van der Waals surface area (Å²) in [6.07, 6.45) is -9.98. The number of carbonyl (C=O) groups is 4. The van der Waals surface area contributed by atoms with Gasteiger partial charge in [-0.2, -0.15) is 26.3 Å². The molecule has 5 aromatic rings. The standard InChI is InChI=1S/C34H29F6N7O6/c1-4-5-10-47-27-8-6-21(29(48)25(13-33(35,36)37)43-52-31(50)45-15-19(2)41-17-45)11-23(27)24-12-22(7-9-28(24)47)30(49)26(14-34(38,39)40)44-53-32(51)46-16-20(3)42-18-46/h6-9,11-12,15-18H,4-5,10,13-14H2,1-3H3/b43-25+,44-26+. The van der Waals surface area contributed by atoms with Gasteiger partial charge in [-0.25, -0.2) is 28.7 Å². The molecule has 278 valence electrons. The number of Topliss-reactive ketones (excluding diaryl/α,β-unsaturated/α-hetero) is 2. The van der Waals surface area contributed by atoms with Crippen molar-refractivity contribution in [2.24, 2.45) is 10.3 Å². The summed E-state index contributed by atoms with van der Waals surface area (Å²) in [5.74, 6) is -2.45. The second-order valence-electron chi connectivity index (χ2n) is 11.8. The Hall–Kier alpha value is -6.14. The maximum absolute atomic E-state index is 13.6. The monoisotopic (exact) mass is 745 g/mol. The van der Waals surface area contributed by atoms with Crippen molar-refractivity contribution in [3.63, 3.8) is 0 Å². The van der Waals surface area contributed by atoms with Gasteiger partial charge in [-0.1, -0.05) is 23.7 Å². The van der Waals surface area contributed by atoms with Crippen LogP contribution in [0, 0.1) is 13.8 Å². The minimum absolute atomic E-state index is 0.269. The molecule has 0 bridgehead atoms. The molecule has 3 aromatic heterocycles. The van der Waals surface area contributed by atoms with Gasteiger partial charge in [-0.3, -0.25) is 19.3 Å². The van der Waals surface area contributed by atoms with E-state index in [1.165, 1.54) is 48.8 Å². The van der Waals surface area contributed by atoms with E-state index in [0.717, 1.165) is 28.2 Å². The Morgan fingerprint density at radius 3 is 1.45 bits per heavy atom. The van der Waals surface area contributed by atoms with Crippen LogP contribution < -0.4 is 0 Å². The molecule has 5 rings (SSSR count). The van der Waals surface area contributed by atoms with Crippen LogP contribution in [0.3, 0.4) is 0 Å². The van der Waals surface area contributed by atoms with Crippen LogP contribution in [0.15, 0.2) is 71.8 Å². The number of hydrogen-bond acceptors (Lipinski definition) is 10. The van der Waals surface area contributed by atoms with Gasteiger partial charge in [-0.15, -0.1) is 0 Å². The molecule has 19 heteroatoms. The van der Waals surface area contributed by atoms with E-state index in [2.05, 4.69) is 30.0 Å². The topological polar surface area (TPSA) is 152 Å². The second-order valence-corrected chi connectivity index (χ2v) is 11.8. The molecule has 0 radical (unpaired) electrons. The molecule has 0 N–H and O–H groups in total. The molecule has 0 saturated heterocycles. The van der Waals surface area contributed by atoms with E-state index in [0.29, 0.717) is 35.4 Å². The van der Waals surface area contributed by atoms with Crippen LogP contribution >= 0.6 is 0 Å². The molecule has 0 amide bonds. The first-order valence-corrected chi connectivity index (χ1v) is 15.8. The van der Waals surface area contributed by atoms with Crippen LogP contribution in [0.5, 0.6) is 0 Å². The third-order valence-corrected chi connectivity index (χ3v) is 7.70. The average Bonchev–Trinajstić information content (AvgIpc) is 3.82. The van der Waals surface area contributed by atoms with Crippen molar-refractivity contribution in [3.8, 4) is 0 Å². The van der Waals surface area contributed by atoms with Gasteiger partial charge in [0.1, 0.15) is 24.1 Å². The first-order valence-electron chi connectivity index (χ1n) is 15.8. The number of benzene rings is 2. The highest BCUT2D eigenvalue weighted by molar-refractivity contribution is 6.47. The summed E-state index contributed by atoms with van der Waals surface area (Å²) in [6, 6.07) is 7.97. The number of oxime groups is 2. The lowest BCUT2D eigenvalue weighted by Gasteiger charge is -2.10. The number of fused-ring (bicyclic) bond motifs is 3. The Kier molecular flexibility index (Phi) is 10.9. The molecule has 0 saturated carbocycles. The number of rotatable bonds is 11. The number of unbranched alkanes of at least 4 members (excludes halogenated alkanes) is 1. The highest BCUT2D eigenvalue weighted by Crippen LogP contribution is 2.33. The maximum atomic E-state index is 13.6. The number of nitrogens with zero attached hydrogens (tertiary/aromatic N) is 7. The average molecular weight is 746 g/mol. The summed E-state index contributed by atoms with van der Waals surface area (Å²) >= 11 is 0. The molecule has 0 unspecified atom stereocenters. The van der Waals surface area contributed by atoms with E-state index in [9.17, 15) is 45.5 Å². The number of carbonyl (C=O) groups excluding carboxylic acids is 4. The summed E-state index contributed by atoms with van der Waals surface area (Å²) in [5.41, 5.74) is -1.05. The van der Waals surface area contributed by atoms with Gasteiger partial charge in [0.15, 0.2) is 0 Å². The van der Waals surface area contributed by atoms with Crippen LogP contribution in [0.4, 0.5) is 35.9 Å². The normalized spacial score (nSPS) is 12.8. The first-order chi connectivity index (χ1) is 24.9. The quantitative estimate of drug-likeness (QED) is 0.0434. The molecule has 0 fully saturated rings. The first kappa shape index (κ1) is 38.1. The summed E-state index contributed by atoms with van der Waals surface area (Å²) in [5, 5.41) is 7.03. The zero-order chi connectivity index (χ0) is 38.7. The van der Waals surface area contributed by atoms with Gasteiger partial charge >= 0.3 is 24.5 Å². The zero-order valence-corrected chi connectivity index (χ0v) is 28.2. The molecule has 0 spiro atoms. The van der Waals surface area contributed by atoms with Crippen molar-refractivity contribution < 1.29 is 55.2 Å². The zero-order valence-electron chi connectivity index (χ0n) is 28.2. The summed E-state index contributed by atoms with van der Waals surface area (Å²) in [6.45, 7) is 5.48. The Morgan fingerprint density at radius 2 is 1.11 bits per heavy atom. The van der Waals surface area contributed by atoms with E-state index < -0.39 is 60.4 Å². The lowest BCUT2D eigenvalue weighted by atomic mass is 9.99. The number of halogens is 6. The van der Waals surface area contributed by atoms with Crippen molar-refractivity contribution in [1.29, 1.82) is 0 Å². The van der Waals surface area contributed by atoms with Gasteiger partial charge in [0.2, 0.25) is 11.6 Å². The van der Waals surface area contributed by atoms with Crippen molar-refractivity contribution >= 4 is 57.0 Å². The van der Waals surface area contributed by atoms with E-state index in [1.807, 2.05) is 11.5 Å². The van der Waals surface area contributed by atoms with E-state index in [1.54, 1.807) is 13.8 Å². The molecular weight excluding hydrogens is 716 g/mol. The molecular formula is C34H29F6N7O6. The molecule has 53 heavy (non-hydrogen) atoms. The number of ketones is 2. The Morgan fingerprint density at radius 1 is 0.698 bits per heavy atom. The van der Waals surface area contributed by atoms with Crippen molar-refractivity contribution in [1.82, 2.24) is 23.7 Å². The third kappa shape index (κ3) is 9.21. The molecule has 13 nitrogen and oxygen atoms in total. The van der Waals surface area contributed by atoms with E-state index >= 15 is 0 Å². The Labute approximate surface area is 295 Å². The number of alkyl halides is 6. The minimum atomic E-state index is -4.93. The number of aryl methyl sites for hydroxylation is 3. The number of aromatic nitrogens is 5. The van der Waals surface area contributed by atoms with E-state index in [4.69, 9.17) is 0 Å². The molecule has 0 atom stereocenters. The molecule has 0 aliphatic carbocycles. The van der Waals surface area contributed by atoms with Gasteiger partial charge < -0.3 is 4.57 Å². The highest BCUT2D eigenvalue weighted by atomic mass is 19.4. The van der Waals surface area contributed by atoms with Crippen LogP contribution in [-0.4, -0.2) is 71.2 Å². The maximum Gasteiger partial charge on any atom is 0.445 e. The molecule has 3 heterocycles. The van der Waals surface area contributed by atoms with Crippen LogP contribution in [0.2, 0.25) is 0 Å². The van der Waals surface area contributed by atoms with Gasteiger partial charge in [0.25, 0.3) is 0 Å². The largest absolute Gasteiger partial charge is 0.445 e. The lowest BCUT2D eigenvalue weighted by molar-refractivity contribution is -0.122. The fourth-order valence-electron chi connectivity index (χ4n) is 5.29. The van der Waals surface area contributed by atoms with Gasteiger partial charge in [-0.05, 0) is 56.7 Å². The fraction of sp³-hybridized carbons (Fsp3) is 0.294. The van der Waals surface area contributed by atoms with Gasteiger partial charge in [0.05, 0.1) is 24.2 Å². The van der Waals surface area contributed by atoms with Crippen molar-refractivity contribution in [3.05, 3.63) is 84.0 Å². The van der Waals surface area contributed by atoms with Crippen molar-refractivity contribution in [2.75, 3.05) is 0 Å². The third-order valence-electron chi connectivity index (χ3n) is 7.70. The summed E-state index contributed by atoms with van der Waals surface area (Å²) in [7, 11) is 0. The fourth-order valence-corrected chi connectivity index (χ4v) is 5.29. The van der Waals surface area contributed by atoms with E-state index in [-0.39, 0.29) is 21.9 Å². The number of hydrogen-bond donors (Lipinski definition) is 0. The molecule has 2 aromatic carbocycles. The van der Waals surface area contributed by atoms with Crippen LogP contribution in [0.25, 0.3) is 21.8 Å². The van der Waals surface area contributed by atoms with Crippen LogP contribution in [-0.2, 0) is 16.2 Å². The molecule has 0 aliphatic rings. The highest BCUT2D eigenvalue weighted by Gasteiger charge is 2.35. The number of imidazole rings is 2. The lowest BCUT2D eigenvalue weighted by Crippen LogP contribution is -2.24. The SMILES string of the molecule is CCCCn1c2ccc(C(=O)/C(CC(F)(F)F)=N/OC(=O)n3cnc(C)c3)cc2c2cc(C(=O)/C(CC(F)(F)F)=N/OC(=O)n3cnc(C)c3)ccc21. The Balaban J connectivity index is 1.56. The molecule has 0 aliphatic heterocycles. The predicted octanol–water partition coefficient (Wildman–Crippen LogP) is 7.96.